The highest BCUT2D eigenvalue weighted by Gasteiger charge is 2.37. The molecule has 0 fully saturated rings. The number of fused-ring (bicyclic) bond motifs is 3. The zero-order chi connectivity index (χ0) is 22.0. The Bertz CT molecular complexity index is 1080. The van der Waals surface area contributed by atoms with Gasteiger partial charge in [-0.05, 0) is 29.2 Å². The number of ether oxygens (including phenoxy) is 2. The molecule has 1 aliphatic rings. The number of hydrogen-bond donors (Lipinski definition) is 2. The van der Waals surface area contributed by atoms with Gasteiger partial charge in [-0.3, -0.25) is 4.68 Å². The summed E-state index contributed by atoms with van der Waals surface area (Å²) in [5, 5.41) is 16.2. The van der Waals surface area contributed by atoms with Gasteiger partial charge in [-0.1, -0.05) is 48.5 Å². The maximum absolute atomic E-state index is 12.5. The Morgan fingerprint density at radius 1 is 1.13 bits per heavy atom. The van der Waals surface area contributed by atoms with Gasteiger partial charge in [0.2, 0.25) is 0 Å². The average molecular weight is 421 g/mol. The molecule has 0 saturated carbocycles. The van der Waals surface area contributed by atoms with E-state index in [1.54, 1.807) is 6.20 Å². The smallest absolute Gasteiger partial charge is 0.408 e. The summed E-state index contributed by atoms with van der Waals surface area (Å²) in [6.45, 7) is 1.42. The molecular weight excluding hydrogens is 398 g/mol. The quantitative estimate of drug-likeness (QED) is 0.607. The van der Waals surface area contributed by atoms with E-state index in [1.807, 2.05) is 48.5 Å². The number of carbonyl (C=O) groups is 2. The maximum Gasteiger partial charge on any atom is 0.408 e. The van der Waals surface area contributed by atoms with Crippen LogP contribution < -0.4 is 10.1 Å². The number of aliphatic carboxylic acids is 1. The SMILES string of the molecule is COc1cnn(CC(C)(NC(=O)OCC2c3ccccc3-c3ccccc32)C(=O)O)c1. The monoisotopic (exact) mass is 421 g/mol. The fourth-order valence-electron chi connectivity index (χ4n) is 3.88. The van der Waals surface area contributed by atoms with Gasteiger partial charge >= 0.3 is 12.1 Å². The van der Waals surface area contributed by atoms with Crippen molar-refractivity contribution in [2.45, 2.75) is 24.9 Å². The second-order valence-electron chi connectivity index (χ2n) is 7.67. The van der Waals surface area contributed by atoms with Crippen LogP contribution in [-0.4, -0.2) is 46.2 Å². The predicted octanol–water partition coefficient (Wildman–Crippen LogP) is 3.27. The van der Waals surface area contributed by atoms with Gasteiger partial charge < -0.3 is 19.9 Å². The third kappa shape index (κ3) is 3.96. The number of methoxy groups -OCH3 is 1. The first-order valence-corrected chi connectivity index (χ1v) is 9.84. The van der Waals surface area contributed by atoms with Crippen molar-refractivity contribution in [1.82, 2.24) is 15.1 Å². The molecule has 1 aromatic heterocycles. The Balaban J connectivity index is 1.46. The summed E-state index contributed by atoms with van der Waals surface area (Å²) in [5.74, 6) is -0.811. The third-order valence-corrected chi connectivity index (χ3v) is 5.52. The van der Waals surface area contributed by atoms with Crippen molar-refractivity contribution in [2.75, 3.05) is 13.7 Å². The van der Waals surface area contributed by atoms with Gasteiger partial charge in [0.25, 0.3) is 0 Å². The van der Waals surface area contributed by atoms with Crippen molar-refractivity contribution >= 4 is 12.1 Å². The van der Waals surface area contributed by atoms with E-state index in [-0.39, 0.29) is 19.1 Å². The van der Waals surface area contributed by atoms with Crippen molar-refractivity contribution in [3.8, 4) is 16.9 Å². The van der Waals surface area contributed by atoms with Crippen LogP contribution in [0.5, 0.6) is 5.75 Å². The topological polar surface area (TPSA) is 103 Å². The zero-order valence-corrected chi connectivity index (χ0v) is 17.2. The van der Waals surface area contributed by atoms with E-state index in [1.165, 1.54) is 24.9 Å². The van der Waals surface area contributed by atoms with E-state index >= 15 is 0 Å². The largest absolute Gasteiger partial charge is 0.493 e. The molecule has 2 aromatic carbocycles. The molecule has 160 valence electrons. The fraction of sp³-hybridized carbons (Fsp3) is 0.261. The van der Waals surface area contributed by atoms with Crippen LogP contribution in [-0.2, 0) is 16.1 Å². The van der Waals surface area contributed by atoms with E-state index in [2.05, 4.69) is 10.4 Å². The number of nitrogens with zero attached hydrogens (tertiary/aromatic N) is 2. The van der Waals surface area contributed by atoms with Gasteiger partial charge in [-0.25, -0.2) is 9.59 Å². The third-order valence-electron chi connectivity index (χ3n) is 5.52. The summed E-state index contributed by atoms with van der Waals surface area (Å²) in [6.07, 6.45) is 2.22. The normalized spacial score (nSPS) is 14.3. The molecule has 31 heavy (non-hydrogen) atoms. The second-order valence-corrected chi connectivity index (χ2v) is 7.67. The van der Waals surface area contributed by atoms with Crippen molar-refractivity contribution in [1.29, 1.82) is 0 Å². The van der Waals surface area contributed by atoms with Gasteiger partial charge in [-0.2, -0.15) is 5.10 Å². The molecule has 8 heteroatoms. The Labute approximate surface area is 179 Å². The highest BCUT2D eigenvalue weighted by molar-refractivity contribution is 5.84. The highest BCUT2D eigenvalue weighted by atomic mass is 16.5. The standard InChI is InChI=1S/C23H23N3O5/c1-23(21(27)28,14-26-12-15(30-2)11-24-26)25-22(29)31-13-20-18-9-5-3-7-16(18)17-8-4-6-10-19(17)20/h3-12,20H,13-14H2,1-2H3,(H,25,29)(H,27,28). The molecule has 1 amide bonds. The molecule has 1 aliphatic carbocycles. The molecule has 0 radical (unpaired) electrons. The highest BCUT2D eigenvalue weighted by Crippen LogP contribution is 2.44. The Kier molecular flexibility index (Phi) is 5.37. The Morgan fingerprint density at radius 2 is 1.74 bits per heavy atom. The summed E-state index contributed by atoms with van der Waals surface area (Å²) < 4.78 is 11.9. The first-order chi connectivity index (χ1) is 14.9. The molecule has 4 rings (SSSR count). The second kappa shape index (κ2) is 8.14. The molecule has 0 aliphatic heterocycles. The van der Waals surface area contributed by atoms with Gasteiger partial charge in [0.05, 0.1) is 26.0 Å². The first kappa shape index (κ1) is 20.5. The average Bonchev–Trinajstić information content (AvgIpc) is 3.34. The number of carbonyl (C=O) groups excluding carboxylic acids is 1. The van der Waals surface area contributed by atoms with Gasteiger partial charge in [0, 0.05) is 5.92 Å². The molecule has 0 saturated heterocycles. The molecule has 2 N–H and O–H groups in total. The molecule has 0 bridgehead atoms. The van der Waals surface area contributed by atoms with E-state index in [4.69, 9.17) is 9.47 Å². The molecule has 1 atom stereocenters. The van der Waals surface area contributed by atoms with Gasteiger partial charge in [0.1, 0.15) is 6.61 Å². The van der Waals surface area contributed by atoms with Crippen LogP contribution in [0.25, 0.3) is 11.1 Å². The van der Waals surface area contributed by atoms with E-state index in [0.717, 1.165) is 22.3 Å². The number of carboxylic acids is 1. The first-order valence-electron chi connectivity index (χ1n) is 9.84. The minimum atomic E-state index is -1.61. The Hall–Kier alpha value is -3.81. The lowest BCUT2D eigenvalue weighted by molar-refractivity contribution is -0.144. The van der Waals surface area contributed by atoms with Crippen molar-refractivity contribution in [3.63, 3.8) is 0 Å². The summed E-state index contributed by atoms with van der Waals surface area (Å²) in [4.78, 5) is 24.4. The number of alkyl carbamates (subject to hydrolysis) is 1. The van der Waals surface area contributed by atoms with Crippen LogP contribution >= 0.6 is 0 Å². The molecule has 8 nitrogen and oxygen atoms in total. The van der Waals surface area contributed by atoms with Crippen LogP contribution in [0.3, 0.4) is 0 Å². The van der Waals surface area contributed by atoms with Gasteiger partial charge in [-0.15, -0.1) is 0 Å². The number of carboxylic acid groups (broad SMARTS) is 1. The summed E-state index contributed by atoms with van der Waals surface area (Å²) in [6, 6.07) is 16.0. The summed E-state index contributed by atoms with van der Waals surface area (Å²) in [7, 11) is 1.49. The number of hydrogen-bond acceptors (Lipinski definition) is 5. The van der Waals surface area contributed by atoms with Crippen LogP contribution in [0.4, 0.5) is 4.79 Å². The molecule has 0 spiro atoms. The van der Waals surface area contributed by atoms with E-state index in [0.29, 0.717) is 5.75 Å². The minimum Gasteiger partial charge on any atom is -0.493 e. The number of nitrogens with one attached hydrogen (secondary N) is 1. The molecule has 1 unspecified atom stereocenters. The van der Waals surface area contributed by atoms with Crippen molar-refractivity contribution in [2.24, 2.45) is 0 Å². The van der Waals surface area contributed by atoms with Crippen molar-refractivity contribution in [3.05, 3.63) is 72.1 Å². The maximum atomic E-state index is 12.5. The van der Waals surface area contributed by atoms with Crippen LogP contribution in [0.1, 0.15) is 24.0 Å². The summed E-state index contributed by atoms with van der Waals surface area (Å²) >= 11 is 0. The predicted molar refractivity (Wildman–Crippen MR) is 113 cm³/mol. The molecule has 1 heterocycles. The molecule has 3 aromatic rings. The lowest BCUT2D eigenvalue weighted by Crippen LogP contribution is -2.55. The minimum absolute atomic E-state index is 0.0874. The fourth-order valence-corrected chi connectivity index (χ4v) is 3.88. The van der Waals surface area contributed by atoms with Crippen LogP contribution in [0.15, 0.2) is 60.9 Å². The Morgan fingerprint density at radius 3 is 2.29 bits per heavy atom. The lowest BCUT2D eigenvalue weighted by atomic mass is 9.98. The molecular formula is C23H23N3O5. The zero-order valence-electron chi connectivity index (χ0n) is 17.2. The van der Waals surface area contributed by atoms with Gasteiger partial charge in [0.15, 0.2) is 11.3 Å². The van der Waals surface area contributed by atoms with Crippen molar-refractivity contribution < 1.29 is 24.2 Å². The van der Waals surface area contributed by atoms with Crippen LogP contribution in [0.2, 0.25) is 0 Å². The number of benzene rings is 2. The van der Waals surface area contributed by atoms with E-state index < -0.39 is 17.6 Å². The summed E-state index contributed by atoms with van der Waals surface area (Å²) in [5.41, 5.74) is 2.80. The number of amides is 1. The number of rotatable bonds is 7. The lowest BCUT2D eigenvalue weighted by Gasteiger charge is -2.26. The van der Waals surface area contributed by atoms with Crippen LogP contribution in [0, 0.1) is 0 Å². The number of aromatic nitrogens is 2. The van der Waals surface area contributed by atoms with E-state index in [9.17, 15) is 14.7 Å².